The number of benzene rings is 5. The van der Waals surface area contributed by atoms with Crippen LogP contribution in [0.5, 0.6) is 0 Å². The van der Waals surface area contributed by atoms with Crippen LogP contribution in [-0.4, -0.2) is 4.98 Å². The fourth-order valence-electron chi connectivity index (χ4n) is 4.46. The van der Waals surface area contributed by atoms with E-state index in [0.29, 0.717) is 0 Å². The maximum Gasteiger partial charge on any atom is 1.00 e. The Morgan fingerprint density at radius 3 is 1.88 bits per heavy atom. The summed E-state index contributed by atoms with van der Waals surface area (Å²) in [5, 5.41) is 7.63. The molecule has 0 fully saturated rings. The summed E-state index contributed by atoms with van der Waals surface area (Å²) < 4.78 is 0. The summed E-state index contributed by atoms with van der Waals surface area (Å²) in [6.07, 6.45) is 0. The number of pyridine rings is 1. The van der Waals surface area contributed by atoms with E-state index < -0.39 is 7.92 Å². The SMILES string of the molecule is [Os+].[c-]1cc2ccccc2cc1-c1ccc2cccc([PH+](c3ccccc3)c3ccccc3)c2n1. The molecule has 6 aromatic rings. The quantitative estimate of drug-likeness (QED) is 0.164. The Morgan fingerprint density at radius 2 is 1.18 bits per heavy atom. The second kappa shape index (κ2) is 9.99. The molecule has 0 spiro atoms. The molecule has 3 heteroatoms. The van der Waals surface area contributed by atoms with E-state index in [1.165, 1.54) is 32.1 Å². The first-order chi connectivity index (χ1) is 16.4. The second-order valence-corrected chi connectivity index (χ2v) is 10.6. The molecule has 1 radical (unpaired) electrons. The van der Waals surface area contributed by atoms with Crippen LogP contribution in [0.3, 0.4) is 0 Å². The first-order valence-corrected chi connectivity index (χ1v) is 12.7. The Hall–Kier alpha value is -3.16. The van der Waals surface area contributed by atoms with Crippen LogP contribution in [0.15, 0.2) is 127 Å². The summed E-state index contributed by atoms with van der Waals surface area (Å²) in [4.78, 5) is 5.22. The molecule has 0 N–H and O–H groups in total. The second-order valence-electron chi connectivity index (χ2n) is 8.16. The van der Waals surface area contributed by atoms with Crippen molar-refractivity contribution in [3.8, 4) is 11.3 Å². The average molecular weight is 630 g/mol. The first kappa shape index (κ1) is 22.6. The van der Waals surface area contributed by atoms with Gasteiger partial charge in [0.15, 0.2) is 0 Å². The van der Waals surface area contributed by atoms with Gasteiger partial charge in [0.25, 0.3) is 0 Å². The summed E-state index contributed by atoms with van der Waals surface area (Å²) in [6.45, 7) is 0. The van der Waals surface area contributed by atoms with E-state index in [-0.39, 0.29) is 19.8 Å². The van der Waals surface area contributed by atoms with Crippen molar-refractivity contribution < 1.29 is 19.8 Å². The predicted molar refractivity (Wildman–Crippen MR) is 144 cm³/mol. The number of rotatable bonds is 4. The molecule has 0 saturated heterocycles. The van der Waals surface area contributed by atoms with Crippen molar-refractivity contribution in [2.45, 2.75) is 0 Å². The molecule has 5 aromatic carbocycles. The molecule has 0 aliphatic rings. The number of para-hydroxylation sites is 1. The average Bonchev–Trinajstić information content (AvgIpc) is 2.90. The van der Waals surface area contributed by atoms with Gasteiger partial charge in [0.2, 0.25) is 0 Å². The molecule has 0 aliphatic heterocycles. The number of hydrogen-bond donors (Lipinski definition) is 0. The zero-order chi connectivity index (χ0) is 22.0. The van der Waals surface area contributed by atoms with Crippen LogP contribution in [-0.2, 0) is 19.8 Å². The number of nitrogens with zero attached hydrogens (tertiary/aromatic N) is 1. The third-order valence-corrected chi connectivity index (χ3v) is 8.83. The van der Waals surface area contributed by atoms with Crippen LogP contribution in [0.1, 0.15) is 0 Å². The maximum atomic E-state index is 5.22. The van der Waals surface area contributed by atoms with Gasteiger partial charge in [0, 0.05) is 5.39 Å². The van der Waals surface area contributed by atoms with E-state index in [2.05, 4.69) is 133 Å². The van der Waals surface area contributed by atoms with Crippen LogP contribution >= 0.6 is 7.92 Å². The summed E-state index contributed by atoms with van der Waals surface area (Å²) in [7, 11) is -1.21. The van der Waals surface area contributed by atoms with E-state index in [1.807, 2.05) is 0 Å². The molecule has 6 rings (SSSR count). The van der Waals surface area contributed by atoms with Crippen LogP contribution in [0.2, 0.25) is 0 Å². The summed E-state index contributed by atoms with van der Waals surface area (Å²) >= 11 is 0. The minimum Gasteiger partial charge on any atom is -0.292 e. The van der Waals surface area contributed by atoms with Gasteiger partial charge in [-0.3, -0.25) is 4.98 Å². The van der Waals surface area contributed by atoms with E-state index in [4.69, 9.17) is 4.98 Å². The molecular weight excluding hydrogens is 608 g/mol. The molecule has 1 aromatic heterocycles. The molecule has 1 nitrogen and oxygen atoms in total. The third-order valence-electron chi connectivity index (χ3n) is 6.07. The third kappa shape index (κ3) is 4.33. The van der Waals surface area contributed by atoms with Crippen molar-refractivity contribution in [1.29, 1.82) is 0 Å². The largest absolute Gasteiger partial charge is 1.00 e. The van der Waals surface area contributed by atoms with Gasteiger partial charge in [-0.1, -0.05) is 90.3 Å². The molecule has 1 heterocycles. The molecule has 0 amide bonds. The maximum absolute atomic E-state index is 5.22. The molecule has 0 aliphatic carbocycles. The van der Waals surface area contributed by atoms with Crippen molar-refractivity contribution in [3.63, 3.8) is 0 Å². The normalized spacial score (nSPS) is 11.0. The Bertz CT molecular complexity index is 1530. The number of fused-ring (bicyclic) bond motifs is 2. The van der Waals surface area contributed by atoms with Gasteiger partial charge in [-0.2, -0.15) is 0 Å². The molecule has 163 valence electrons. The Balaban J connectivity index is 0.00000241. The Morgan fingerprint density at radius 1 is 0.559 bits per heavy atom. The van der Waals surface area contributed by atoms with Gasteiger partial charge >= 0.3 is 19.8 Å². The fourth-order valence-corrected chi connectivity index (χ4v) is 7.17. The minimum absolute atomic E-state index is 0. The smallest absolute Gasteiger partial charge is 0.292 e. The summed E-state index contributed by atoms with van der Waals surface area (Å²) in [5.74, 6) is 0. The monoisotopic (exact) mass is 631 g/mol. The molecule has 34 heavy (non-hydrogen) atoms. The summed E-state index contributed by atoms with van der Waals surface area (Å²) in [5.41, 5.74) is 3.07. The van der Waals surface area contributed by atoms with E-state index in [0.717, 1.165) is 16.8 Å². The first-order valence-electron chi connectivity index (χ1n) is 11.2. The number of aromatic nitrogens is 1. The van der Waals surface area contributed by atoms with Crippen molar-refractivity contribution in [2.75, 3.05) is 0 Å². The molecule has 0 bridgehead atoms. The standard InChI is InChI=1S/C31H21NP.Os/c1-3-13-27(14-4-1)33(28-15-5-2-6-16-28)30-17-9-12-24-20-21-29(32-31(24)30)26-19-18-23-10-7-8-11-25(23)22-26;/h1-18,20-22H;/q-1;+1/p+1. The van der Waals surface area contributed by atoms with Crippen LogP contribution in [0, 0.1) is 6.07 Å². The van der Waals surface area contributed by atoms with Crippen molar-refractivity contribution in [1.82, 2.24) is 4.98 Å². The fraction of sp³-hybridized carbons (Fsp3) is 0. The van der Waals surface area contributed by atoms with Gasteiger partial charge in [-0.05, 0) is 36.0 Å². The van der Waals surface area contributed by atoms with Crippen LogP contribution in [0.4, 0.5) is 0 Å². The minimum atomic E-state index is -1.21. The van der Waals surface area contributed by atoms with E-state index >= 15 is 0 Å². The van der Waals surface area contributed by atoms with Gasteiger partial charge in [-0.25, -0.2) is 0 Å². The van der Waals surface area contributed by atoms with Crippen molar-refractivity contribution in [2.24, 2.45) is 0 Å². The molecule has 0 atom stereocenters. The Labute approximate surface area is 214 Å². The van der Waals surface area contributed by atoms with Crippen LogP contribution < -0.4 is 15.9 Å². The van der Waals surface area contributed by atoms with Gasteiger partial charge < -0.3 is 0 Å². The summed E-state index contributed by atoms with van der Waals surface area (Å²) in [6, 6.07) is 48.7. The van der Waals surface area contributed by atoms with E-state index in [1.54, 1.807) is 0 Å². The van der Waals surface area contributed by atoms with Crippen molar-refractivity contribution >= 4 is 45.5 Å². The molecule has 0 saturated carbocycles. The molecule has 0 unspecified atom stereocenters. The van der Waals surface area contributed by atoms with Gasteiger partial charge in [-0.15, -0.1) is 29.1 Å². The van der Waals surface area contributed by atoms with E-state index in [9.17, 15) is 0 Å². The van der Waals surface area contributed by atoms with Gasteiger partial charge in [0.1, 0.15) is 29.4 Å². The van der Waals surface area contributed by atoms with Crippen molar-refractivity contribution in [3.05, 3.63) is 133 Å². The number of hydrogen-bond acceptors (Lipinski definition) is 1. The molecular formula is C31H22NOsP+. The Kier molecular flexibility index (Phi) is 6.65. The van der Waals surface area contributed by atoms with Crippen LogP contribution in [0.25, 0.3) is 32.9 Å². The van der Waals surface area contributed by atoms with Gasteiger partial charge in [0.05, 0.1) is 0 Å². The zero-order valence-corrected chi connectivity index (χ0v) is 22.0. The predicted octanol–water partition coefficient (Wildman–Crippen LogP) is 6.34. The zero-order valence-electron chi connectivity index (χ0n) is 18.4. The topological polar surface area (TPSA) is 12.9 Å².